The molecule has 1 aromatic carbocycles. The summed E-state index contributed by atoms with van der Waals surface area (Å²) in [5.41, 5.74) is 1.22. The van der Waals surface area contributed by atoms with Crippen LogP contribution in [0, 0.1) is 0 Å². The van der Waals surface area contributed by atoms with Crippen LogP contribution < -0.4 is 4.90 Å². The molecule has 7 nitrogen and oxygen atoms in total. The van der Waals surface area contributed by atoms with Crippen LogP contribution in [0.5, 0.6) is 0 Å². The Balaban J connectivity index is 1.50. The zero-order chi connectivity index (χ0) is 16.2. The van der Waals surface area contributed by atoms with E-state index in [9.17, 15) is 0 Å². The van der Waals surface area contributed by atoms with Gasteiger partial charge in [0.1, 0.15) is 11.6 Å². The van der Waals surface area contributed by atoms with Crippen LogP contribution in [0.15, 0.2) is 42.6 Å². The van der Waals surface area contributed by atoms with Crippen molar-refractivity contribution in [1.82, 2.24) is 30.6 Å². The van der Waals surface area contributed by atoms with Crippen molar-refractivity contribution in [3.63, 3.8) is 0 Å². The lowest BCUT2D eigenvalue weighted by Gasteiger charge is -2.32. The summed E-state index contributed by atoms with van der Waals surface area (Å²) < 4.78 is 0. The van der Waals surface area contributed by atoms with Crippen molar-refractivity contribution in [2.75, 3.05) is 18.0 Å². The van der Waals surface area contributed by atoms with Gasteiger partial charge in [0.15, 0.2) is 5.82 Å². The summed E-state index contributed by atoms with van der Waals surface area (Å²) in [5, 5.41) is 14.5. The van der Waals surface area contributed by atoms with E-state index < -0.39 is 0 Å². The zero-order valence-electron chi connectivity index (χ0n) is 13.3. The Labute approximate surface area is 140 Å². The van der Waals surface area contributed by atoms with Crippen molar-refractivity contribution < 1.29 is 0 Å². The van der Waals surface area contributed by atoms with Crippen molar-refractivity contribution in [3.05, 3.63) is 59.8 Å². The third-order valence-corrected chi connectivity index (χ3v) is 4.37. The van der Waals surface area contributed by atoms with Crippen LogP contribution in [0.1, 0.15) is 36.0 Å². The van der Waals surface area contributed by atoms with E-state index in [-0.39, 0.29) is 0 Å². The van der Waals surface area contributed by atoms with Crippen LogP contribution in [0.3, 0.4) is 0 Å². The van der Waals surface area contributed by atoms with Crippen LogP contribution in [0.4, 0.5) is 5.82 Å². The van der Waals surface area contributed by atoms with Crippen molar-refractivity contribution >= 4 is 5.82 Å². The number of aromatic nitrogens is 6. The molecule has 0 spiro atoms. The fraction of sp³-hybridized carbons (Fsp3) is 0.353. The zero-order valence-corrected chi connectivity index (χ0v) is 13.3. The quantitative estimate of drug-likeness (QED) is 0.791. The first kappa shape index (κ1) is 14.7. The SMILES string of the molecule is c1ccc(Cc2nccc(N3CCC[C@@H](c4nn[nH]n4)C3)n2)cc1. The van der Waals surface area contributed by atoms with E-state index >= 15 is 0 Å². The average Bonchev–Trinajstić information content (AvgIpc) is 3.18. The van der Waals surface area contributed by atoms with E-state index in [0.29, 0.717) is 5.92 Å². The predicted octanol–water partition coefficient (Wildman–Crippen LogP) is 1.96. The van der Waals surface area contributed by atoms with Crippen LogP contribution in [0.2, 0.25) is 0 Å². The number of anilines is 1. The molecule has 0 radical (unpaired) electrons. The van der Waals surface area contributed by atoms with Gasteiger partial charge in [-0.3, -0.25) is 0 Å². The lowest BCUT2D eigenvalue weighted by atomic mass is 9.97. The standard InChI is InChI=1S/C17H19N7/c1-2-5-13(6-3-1)11-15-18-9-8-16(19-15)24-10-4-7-14(12-24)17-20-22-23-21-17/h1-3,5-6,8-9,14H,4,7,10-12H2,(H,20,21,22,23)/t14-/m1/s1. The number of piperidine rings is 1. The van der Waals surface area contributed by atoms with Crippen LogP contribution in [-0.2, 0) is 6.42 Å². The molecule has 0 saturated carbocycles. The first-order valence-corrected chi connectivity index (χ1v) is 8.22. The maximum atomic E-state index is 4.76. The molecule has 4 rings (SSSR count). The fourth-order valence-electron chi connectivity index (χ4n) is 3.17. The number of H-pyrrole nitrogens is 1. The number of aromatic amines is 1. The van der Waals surface area contributed by atoms with Crippen molar-refractivity contribution in [2.45, 2.75) is 25.2 Å². The largest absolute Gasteiger partial charge is 0.356 e. The lowest BCUT2D eigenvalue weighted by Crippen LogP contribution is -2.35. The maximum absolute atomic E-state index is 4.76. The summed E-state index contributed by atoms with van der Waals surface area (Å²) in [5.74, 6) is 2.91. The van der Waals surface area contributed by atoms with Crippen LogP contribution in [-0.4, -0.2) is 43.7 Å². The Kier molecular flexibility index (Phi) is 4.14. The van der Waals surface area contributed by atoms with E-state index in [4.69, 9.17) is 4.98 Å². The van der Waals surface area contributed by atoms with E-state index in [1.807, 2.05) is 30.5 Å². The fourth-order valence-corrected chi connectivity index (χ4v) is 3.17. The van der Waals surface area contributed by atoms with E-state index in [0.717, 1.165) is 49.8 Å². The minimum absolute atomic E-state index is 0.296. The minimum atomic E-state index is 0.296. The molecule has 24 heavy (non-hydrogen) atoms. The molecule has 1 N–H and O–H groups in total. The normalized spacial score (nSPS) is 17.8. The number of nitrogens with one attached hydrogen (secondary N) is 1. The number of tetrazole rings is 1. The molecule has 122 valence electrons. The molecule has 0 aliphatic carbocycles. The van der Waals surface area contributed by atoms with Crippen molar-refractivity contribution in [1.29, 1.82) is 0 Å². The minimum Gasteiger partial charge on any atom is -0.356 e. The van der Waals surface area contributed by atoms with Gasteiger partial charge in [0, 0.05) is 31.6 Å². The highest BCUT2D eigenvalue weighted by Crippen LogP contribution is 2.26. The molecule has 0 bridgehead atoms. The van der Waals surface area contributed by atoms with Gasteiger partial charge < -0.3 is 4.90 Å². The van der Waals surface area contributed by atoms with E-state index in [1.54, 1.807) is 0 Å². The summed E-state index contributed by atoms with van der Waals surface area (Å²) in [6.07, 6.45) is 4.77. The Hall–Kier alpha value is -2.83. The highest BCUT2D eigenvalue weighted by Gasteiger charge is 2.25. The molecule has 1 aliphatic heterocycles. The topological polar surface area (TPSA) is 83.5 Å². The van der Waals surface area contributed by atoms with Gasteiger partial charge in [-0.2, -0.15) is 5.21 Å². The Morgan fingerprint density at radius 2 is 2.08 bits per heavy atom. The Morgan fingerprint density at radius 1 is 1.17 bits per heavy atom. The predicted molar refractivity (Wildman–Crippen MR) is 89.6 cm³/mol. The van der Waals surface area contributed by atoms with Gasteiger partial charge in [-0.05, 0) is 24.5 Å². The Morgan fingerprint density at radius 3 is 2.92 bits per heavy atom. The van der Waals surface area contributed by atoms with Gasteiger partial charge in [-0.15, -0.1) is 10.2 Å². The third kappa shape index (κ3) is 3.24. The molecule has 0 unspecified atom stereocenters. The van der Waals surface area contributed by atoms with Crippen LogP contribution in [0.25, 0.3) is 0 Å². The van der Waals surface area contributed by atoms with E-state index in [1.165, 1.54) is 5.56 Å². The smallest absolute Gasteiger partial charge is 0.179 e. The molecular weight excluding hydrogens is 302 g/mol. The van der Waals surface area contributed by atoms with E-state index in [2.05, 4.69) is 42.6 Å². The molecular formula is C17H19N7. The molecule has 1 atom stereocenters. The average molecular weight is 321 g/mol. The molecule has 1 saturated heterocycles. The van der Waals surface area contributed by atoms with Crippen molar-refractivity contribution in [3.8, 4) is 0 Å². The molecule has 3 aromatic rings. The Bertz CT molecular complexity index is 773. The molecule has 1 aliphatic rings. The second kappa shape index (κ2) is 6.74. The number of nitrogens with zero attached hydrogens (tertiary/aromatic N) is 6. The summed E-state index contributed by atoms with van der Waals surface area (Å²) in [6, 6.07) is 12.3. The molecule has 0 amide bonds. The second-order valence-corrected chi connectivity index (χ2v) is 6.05. The number of hydrogen-bond donors (Lipinski definition) is 1. The third-order valence-electron chi connectivity index (χ3n) is 4.37. The maximum Gasteiger partial charge on any atom is 0.179 e. The summed E-state index contributed by atoms with van der Waals surface area (Å²) >= 11 is 0. The number of rotatable bonds is 4. The highest BCUT2D eigenvalue weighted by atomic mass is 15.5. The van der Waals surface area contributed by atoms with Crippen LogP contribution >= 0.6 is 0 Å². The summed E-state index contributed by atoms with van der Waals surface area (Å²) in [7, 11) is 0. The molecule has 2 aromatic heterocycles. The first-order chi connectivity index (χ1) is 11.9. The molecule has 1 fully saturated rings. The van der Waals surface area contributed by atoms with Gasteiger partial charge in [-0.25, -0.2) is 9.97 Å². The van der Waals surface area contributed by atoms with Crippen molar-refractivity contribution in [2.24, 2.45) is 0 Å². The lowest BCUT2D eigenvalue weighted by molar-refractivity contribution is 0.488. The molecule has 7 heteroatoms. The summed E-state index contributed by atoms with van der Waals surface area (Å²) in [6.45, 7) is 1.86. The van der Waals surface area contributed by atoms with Gasteiger partial charge in [0.25, 0.3) is 0 Å². The number of hydrogen-bond acceptors (Lipinski definition) is 6. The van der Waals surface area contributed by atoms with Gasteiger partial charge in [-0.1, -0.05) is 35.5 Å². The monoisotopic (exact) mass is 321 g/mol. The second-order valence-electron chi connectivity index (χ2n) is 6.05. The highest BCUT2D eigenvalue weighted by molar-refractivity contribution is 5.39. The summed E-state index contributed by atoms with van der Waals surface area (Å²) in [4.78, 5) is 11.5. The van der Waals surface area contributed by atoms with Gasteiger partial charge in [0.2, 0.25) is 0 Å². The van der Waals surface area contributed by atoms with Gasteiger partial charge in [0.05, 0.1) is 0 Å². The first-order valence-electron chi connectivity index (χ1n) is 8.22. The molecule has 3 heterocycles. The van der Waals surface area contributed by atoms with Gasteiger partial charge >= 0.3 is 0 Å². The number of benzene rings is 1.